The summed E-state index contributed by atoms with van der Waals surface area (Å²) in [5, 5.41) is 9.63. The minimum Gasteiger partial charge on any atom is -0.436 e. The lowest BCUT2D eigenvalue weighted by molar-refractivity contribution is 0.139. The first-order valence-electron chi connectivity index (χ1n) is 4.83. The summed E-state index contributed by atoms with van der Waals surface area (Å²) in [5.74, 6) is 0.286. The Hall–Kier alpha value is -1.46. The lowest BCUT2D eigenvalue weighted by Gasteiger charge is -2.01. The van der Waals surface area contributed by atoms with Crippen molar-refractivity contribution in [1.29, 1.82) is 0 Å². The van der Waals surface area contributed by atoms with Crippen molar-refractivity contribution in [2.75, 3.05) is 6.54 Å². The highest BCUT2D eigenvalue weighted by molar-refractivity contribution is 5.67. The maximum absolute atomic E-state index is 9.63. The van der Waals surface area contributed by atoms with E-state index in [4.69, 9.17) is 10.2 Å². The van der Waals surface area contributed by atoms with Gasteiger partial charge in [0.1, 0.15) is 6.10 Å². The Morgan fingerprint density at radius 1 is 1.47 bits per heavy atom. The van der Waals surface area contributed by atoms with Crippen molar-refractivity contribution >= 4 is 11.2 Å². The number of oxazole rings is 1. The van der Waals surface area contributed by atoms with Gasteiger partial charge in [-0.25, -0.2) is 4.98 Å². The molecule has 2 heterocycles. The van der Waals surface area contributed by atoms with E-state index in [1.54, 1.807) is 6.07 Å². The van der Waals surface area contributed by atoms with E-state index in [1.807, 2.05) is 13.0 Å². The summed E-state index contributed by atoms with van der Waals surface area (Å²) in [4.78, 5) is 8.30. The normalized spacial score (nSPS) is 13.3. The molecule has 0 fully saturated rings. The lowest BCUT2D eigenvalue weighted by Crippen LogP contribution is -2.06. The zero-order valence-electron chi connectivity index (χ0n) is 8.47. The van der Waals surface area contributed by atoms with Gasteiger partial charge in [0.2, 0.25) is 5.89 Å². The number of rotatable bonds is 3. The van der Waals surface area contributed by atoms with Crippen LogP contribution >= 0.6 is 0 Å². The van der Waals surface area contributed by atoms with Crippen LogP contribution in [0.1, 0.15) is 24.1 Å². The molecule has 80 valence electrons. The second-order valence-electron chi connectivity index (χ2n) is 3.42. The average Bonchev–Trinajstić information content (AvgIpc) is 2.60. The van der Waals surface area contributed by atoms with E-state index in [2.05, 4.69) is 9.97 Å². The fourth-order valence-corrected chi connectivity index (χ4v) is 1.35. The van der Waals surface area contributed by atoms with E-state index in [1.165, 1.54) is 0 Å². The van der Waals surface area contributed by atoms with Crippen molar-refractivity contribution in [1.82, 2.24) is 9.97 Å². The Kier molecular flexibility index (Phi) is 2.66. The molecule has 0 aliphatic heterocycles. The third-order valence-electron chi connectivity index (χ3n) is 2.13. The molecular weight excluding hydrogens is 194 g/mol. The molecule has 0 amide bonds. The summed E-state index contributed by atoms with van der Waals surface area (Å²) in [5.41, 5.74) is 7.33. The van der Waals surface area contributed by atoms with Crippen LogP contribution in [0.5, 0.6) is 0 Å². The number of aromatic nitrogens is 2. The number of nitrogens with zero attached hydrogens (tertiary/aromatic N) is 2. The monoisotopic (exact) mass is 207 g/mol. The summed E-state index contributed by atoms with van der Waals surface area (Å²) in [7, 11) is 0. The summed E-state index contributed by atoms with van der Waals surface area (Å²) in [6.45, 7) is 2.27. The third kappa shape index (κ3) is 1.98. The molecule has 2 aromatic heterocycles. The van der Waals surface area contributed by atoms with Gasteiger partial charge in [-0.1, -0.05) is 0 Å². The molecule has 0 radical (unpaired) electrons. The van der Waals surface area contributed by atoms with Crippen LogP contribution < -0.4 is 5.73 Å². The Labute approximate surface area is 86.9 Å². The first-order chi connectivity index (χ1) is 7.20. The van der Waals surface area contributed by atoms with Gasteiger partial charge in [0.05, 0.1) is 0 Å². The number of aliphatic hydroxyl groups is 1. The number of pyridine rings is 1. The number of hydrogen-bond acceptors (Lipinski definition) is 5. The van der Waals surface area contributed by atoms with Crippen molar-refractivity contribution in [2.45, 2.75) is 19.4 Å². The first kappa shape index (κ1) is 10.1. The van der Waals surface area contributed by atoms with Crippen LogP contribution in [0.25, 0.3) is 11.2 Å². The third-order valence-corrected chi connectivity index (χ3v) is 2.13. The standard InChI is InChI=1S/C10H13N3O2/c1-6-2-3-8-9(12-6)13-10(15-8)7(14)4-5-11/h2-3,7,14H,4-5,11H2,1H3. The second-order valence-corrected chi connectivity index (χ2v) is 3.42. The van der Waals surface area contributed by atoms with Crippen LogP contribution in [0, 0.1) is 6.92 Å². The fourth-order valence-electron chi connectivity index (χ4n) is 1.35. The van der Waals surface area contributed by atoms with Gasteiger partial charge in [0.25, 0.3) is 0 Å². The average molecular weight is 207 g/mol. The maximum atomic E-state index is 9.63. The number of hydrogen-bond donors (Lipinski definition) is 2. The van der Waals surface area contributed by atoms with E-state index < -0.39 is 6.10 Å². The molecule has 1 unspecified atom stereocenters. The SMILES string of the molecule is Cc1ccc2oc(C(O)CCN)nc2n1. The Morgan fingerprint density at radius 3 is 3.00 bits per heavy atom. The highest BCUT2D eigenvalue weighted by Crippen LogP contribution is 2.20. The smallest absolute Gasteiger partial charge is 0.225 e. The molecule has 1 atom stereocenters. The van der Waals surface area contributed by atoms with Gasteiger partial charge in [-0.2, -0.15) is 4.98 Å². The Morgan fingerprint density at radius 2 is 2.27 bits per heavy atom. The first-order valence-corrected chi connectivity index (χ1v) is 4.83. The minimum atomic E-state index is -0.746. The van der Waals surface area contributed by atoms with Crippen LogP contribution in [0.15, 0.2) is 16.5 Å². The second kappa shape index (κ2) is 3.96. The molecule has 0 spiro atoms. The topological polar surface area (TPSA) is 85.2 Å². The lowest BCUT2D eigenvalue weighted by atomic mass is 10.2. The summed E-state index contributed by atoms with van der Waals surface area (Å²) < 4.78 is 5.36. The molecule has 0 aliphatic carbocycles. The van der Waals surface area contributed by atoms with Gasteiger partial charge in [-0.05, 0) is 32.0 Å². The summed E-state index contributed by atoms with van der Waals surface area (Å²) in [6.07, 6.45) is -0.310. The molecule has 3 N–H and O–H groups in total. The molecule has 2 aromatic rings. The molecule has 0 saturated carbocycles. The highest BCUT2D eigenvalue weighted by atomic mass is 16.4. The van der Waals surface area contributed by atoms with Crippen LogP contribution in [-0.4, -0.2) is 21.6 Å². The van der Waals surface area contributed by atoms with E-state index in [0.29, 0.717) is 24.2 Å². The molecule has 0 saturated heterocycles. The Balaban J connectivity index is 2.38. The predicted octanol–water partition coefficient (Wildman–Crippen LogP) is 0.913. The van der Waals surface area contributed by atoms with Crippen molar-refractivity contribution < 1.29 is 9.52 Å². The maximum Gasteiger partial charge on any atom is 0.225 e. The van der Waals surface area contributed by atoms with E-state index in [0.717, 1.165) is 5.69 Å². The van der Waals surface area contributed by atoms with Gasteiger partial charge in [0, 0.05) is 5.69 Å². The Bertz CT molecular complexity index is 467. The van der Waals surface area contributed by atoms with Crippen LogP contribution in [0.2, 0.25) is 0 Å². The van der Waals surface area contributed by atoms with Gasteiger partial charge in [0.15, 0.2) is 11.2 Å². The quantitative estimate of drug-likeness (QED) is 0.781. The van der Waals surface area contributed by atoms with Crippen molar-refractivity contribution in [3.63, 3.8) is 0 Å². The van der Waals surface area contributed by atoms with Crippen LogP contribution in [-0.2, 0) is 0 Å². The zero-order chi connectivity index (χ0) is 10.8. The summed E-state index contributed by atoms with van der Waals surface area (Å²) >= 11 is 0. The predicted molar refractivity (Wildman–Crippen MR) is 55.2 cm³/mol. The largest absolute Gasteiger partial charge is 0.436 e. The van der Waals surface area contributed by atoms with E-state index in [-0.39, 0.29) is 5.89 Å². The number of fused-ring (bicyclic) bond motifs is 1. The molecule has 0 aliphatic rings. The van der Waals surface area contributed by atoms with Crippen LogP contribution in [0.3, 0.4) is 0 Å². The molecule has 5 nitrogen and oxygen atoms in total. The minimum absolute atomic E-state index is 0.286. The molecule has 2 rings (SSSR count). The van der Waals surface area contributed by atoms with Gasteiger partial charge in [-0.3, -0.25) is 0 Å². The molecule has 15 heavy (non-hydrogen) atoms. The molecular formula is C10H13N3O2. The highest BCUT2D eigenvalue weighted by Gasteiger charge is 2.14. The number of aliphatic hydroxyl groups excluding tert-OH is 1. The number of aryl methyl sites for hydroxylation is 1. The van der Waals surface area contributed by atoms with Gasteiger partial charge < -0.3 is 15.3 Å². The van der Waals surface area contributed by atoms with Crippen molar-refractivity contribution in [3.8, 4) is 0 Å². The van der Waals surface area contributed by atoms with E-state index >= 15 is 0 Å². The molecule has 0 aromatic carbocycles. The van der Waals surface area contributed by atoms with Crippen LogP contribution in [0.4, 0.5) is 0 Å². The molecule has 5 heteroatoms. The van der Waals surface area contributed by atoms with Crippen molar-refractivity contribution in [2.24, 2.45) is 5.73 Å². The number of nitrogens with two attached hydrogens (primary N) is 1. The summed E-state index contributed by atoms with van der Waals surface area (Å²) in [6, 6.07) is 3.63. The van der Waals surface area contributed by atoms with Crippen molar-refractivity contribution in [3.05, 3.63) is 23.7 Å². The zero-order valence-corrected chi connectivity index (χ0v) is 8.47. The van der Waals surface area contributed by atoms with E-state index in [9.17, 15) is 5.11 Å². The molecule has 0 bridgehead atoms. The van der Waals surface area contributed by atoms with Gasteiger partial charge in [-0.15, -0.1) is 0 Å². The fraction of sp³-hybridized carbons (Fsp3) is 0.400. The van der Waals surface area contributed by atoms with Gasteiger partial charge >= 0.3 is 0 Å².